The molecule has 20 heavy (non-hydrogen) atoms. The standard InChI is InChI=1S/C12H16N4O3S/c1-8-9(5-7-19-8)15-20(17,18)12-11(13)14-10-4-2-3-6-16(10)12/h2-4,6,8-9,15H,5,7,13H2,1H3. The second kappa shape index (κ2) is 4.72. The van der Waals surface area contributed by atoms with Crippen LogP contribution in [-0.2, 0) is 14.8 Å². The second-order valence-corrected chi connectivity index (χ2v) is 6.45. The minimum Gasteiger partial charge on any atom is -0.381 e. The Hall–Kier alpha value is -1.64. The Kier molecular flexibility index (Phi) is 3.15. The fourth-order valence-electron chi connectivity index (χ4n) is 2.40. The summed E-state index contributed by atoms with van der Waals surface area (Å²) in [5.41, 5.74) is 6.27. The third-order valence-electron chi connectivity index (χ3n) is 3.45. The Bertz CT molecular complexity index is 740. The number of ether oxygens (including phenoxy) is 1. The summed E-state index contributed by atoms with van der Waals surface area (Å²) >= 11 is 0. The topological polar surface area (TPSA) is 98.7 Å². The number of pyridine rings is 1. The highest BCUT2D eigenvalue weighted by Gasteiger charge is 2.32. The smallest absolute Gasteiger partial charge is 0.260 e. The summed E-state index contributed by atoms with van der Waals surface area (Å²) in [5, 5.41) is -0.0211. The van der Waals surface area contributed by atoms with Crippen LogP contribution in [0.3, 0.4) is 0 Å². The molecule has 0 aliphatic carbocycles. The number of aromatic nitrogens is 2. The zero-order chi connectivity index (χ0) is 14.3. The lowest BCUT2D eigenvalue weighted by Gasteiger charge is -2.16. The second-order valence-electron chi connectivity index (χ2n) is 4.82. The molecule has 1 aliphatic heterocycles. The van der Waals surface area contributed by atoms with Gasteiger partial charge in [-0.15, -0.1) is 0 Å². The summed E-state index contributed by atoms with van der Waals surface area (Å²) in [4.78, 5) is 4.06. The van der Waals surface area contributed by atoms with E-state index in [2.05, 4.69) is 9.71 Å². The van der Waals surface area contributed by atoms with E-state index in [-0.39, 0.29) is 23.0 Å². The molecule has 1 aliphatic rings. The van der Waals surface area contributed by atoms with Crippen molar-refractivity contribution in [2.24, 2.45) is 0 Å². The quantitative estimate of drug-likeness (QED) is 0.852. The number of imidazole rings is 1. The first-order valence-electron chi connectivity index (χ1n) is 6.35. The van der Waals surface area contributed by atoms with E-state index in [0.29, 0.717) is 18.7 Å². The fourth-order valence-corrected chi connectivity index (χ4v) is 3.95. The third kappa shape index (κ3) is 2.15. The Labute approximate surface area is 116 Å². The molecule has 2 unspecified atom stereocenters. The van der Waals surface area contributed by atoms with Crippen molar-refractivity contribution in [3.05, 3.63) is 24.4 Å². The van der Waals surface area contributed by atoms with Crippen LogP contribution >= 0.6 is 0 Å². The molecule has 8 heteroatoms. The highest BCUT2D eigenvalue weighted by Crippen LogP contribution is 2.22. The molecule has 0 radical (unpaired) electrons. The van der Waals surface area contributed by atoms with Crippen LogP contribution in [0, 0.1) is 0 Å². The number of nitrogens with one attached hydrogen (secondary N) is 1. The molecule has 2 aromatic rings. The monoisotopic (exact) mass is 296 g/mol. The molecule has 0 saturated carbocycles. The molecule has 0 aromatic carbocycles. The van der Waals surface area contributed by atoms with Gasteiger partial charge < -0.3 is 10.5 Å². The number of anilines is 1. The Morgan fingerprint density at radius 1 is 1.50 bits per heavy atom. The molecule has 1 fully saturated rings. The lowest BCUT2D eigenvalue weighted by Crippen LogP contribution is -2.39. The molecule has 0 bridgehead atoms. The predicted octanol–water partition coefficient (Wildman–Crippen LogP) is 0.372. The molecule has 7 nitrogen and oxygen atoms in total. The summed E-state index contributed by atoms with van der Waals surface area (Å²) in [6.07, 6.45) is 2.13. The summed E-state index contributed by atoms with van der Waals surface area (Å²) in [6, 6.07) is 4.97. The van der Waals surface area contributed by atoms with Crippen molar-refractivity contribution in [1.29, 1.82) is 0 Å². The summed E-state index contributed by atoms with van der Waals surface area (Å²) in [7, 11) is -3.75. The van der Waals surface area contributed by atoms with Crippen molar-refractivity contribution in [3.63, 3.8) is 0 Å². The van der Waals surface area contributed by atoms with Crippen molar-refractivity contribution >= 4 is 21.5 Å². The van der Waals surface area contributed by atoms with Gasteiger partial charge in [-0.3, -0.25) is 4.40 Å². The van der Waals surface area contributed by atoms with E-state index in [1.807, 2.05) is 6.92 Å². The highest BCUT2D eigenvalue weighted by molar-refractivity contribution is 7.89. The van der Waals surface area contributed by atoms with E-state index in [1.54, 1.807) is 24.4 Å². The average molecular weight is 296 g/mol. The van der Waals surface area contributed by atoms with Crippen molar-refractivity contribution < 1.29 is 13.2 Å². The van der Waals surface area contributed by atoms with Gasteiger partial charge in [0.2, 0.25) is 0 Å². The minimum absolute atomic E-state index is 0.00438. The zero-order valence-corrected chi connectivity index (χ0v) is 11.8. The first-order chi connectivity index (χ1) is 9.49. The van der Waals surface area contributed by atoms with Gasteiger partial charge in [-0.05, 0) is 25.5 Å². The van der Waals surface area contributed by atoms with E-state index in [4.69, 9.17) is 10.5 Å². The van der Waals surface area contributed by atoms with Crippen LogP contribution in [-0.4, -0.2) is 36.6 Å². The van der Waals surface area contributed by atoms with Gasteiger partial charge in [-0.2, -0.15) is 0 Å². The van der Waals surface area contributed by atoms with E-state index >= 15 is 0 Å². The molecular formula is C12H16N4O3S. The SMILES string of the molecule is CC1OCCC1NS(=O)(=O)c1c(N)nc2ccccn12. The van der Waals surface area contributed by atoms with Gasteiger partial charge >= 0.3 is 0 Å². The van der Waals surface area contributed by atoms with Crippen LogP contribution in [0.15, 0.2) is 29.4 Å². The van der Waals surface area contributed by atoms with Gasteiger partial charge in [-0.25, -0.2) is 18.1 Å². The predicted molar refractivity (Wildman–Crippen MR) is 73.7 cm³/mol. The molecule has 0 amide bonds. The molecule has 3 N–H and O–H groups in total. The van der Waals surface area contributed by atoms with Crippen LogP contribution in [0.4, 0.5) is 5.82 Å². The van der Waals surface area contributed by atoms with Gasteiger partial charge in [0.15, 0.2) is 10.8 Å². The van der Waals surface area contributed by atoms with Crippen molar-refractivity contribution in [3.8, 4) is 0 Å². The maximum absolute atomic E-state index is 12.5. The number of nitrogens with zero attached hydrogens (tertiary/aromatic N) is 2. The first kappa shape index (κ1) is 13.3. The largest absolute Gasteiger partial charge is 0.381 e. The van der Waals surface area contributed by atoms with E-state index in [0.717, 1.165) is 0 Å². The van der Waals surface area contributed by atoms with Gasteiger partial charge in [0.05, 0.1) is 12.1 Å². The number of fused-ring (bicyclic) bond motifs is 1. The van der Waals surface area contributed by atoms with Crippen LogP contribution in [0.1, 0.15) is 13.3 Å². The lowest BCUT2D eigenvalue weighted by atomic mass is 10.2. The van der Waals surface area contributed by atoms with Crippen LogP contribution < -0.4 is 10.5 Å². The number of sulfonamides is 1. The number of hydrogen-bond donors (Lipinski definition) is 2. The normalized spacial score (nSPS) is 23.4. The van der Waals surface area contributed by atoms with Crippen molar-refractivity contribution in [2.75, 3.05) is 12.3 Å². The molecule has 3 heterocycles. The summed E-state index contributed by atoms with van der Waals surface area (Å²) < 4.78 is 34.5. The molecule has 1 saturated heterocycles. The maximum Gasteiger partial charge on any atom is 0.260 e. The van der Waals surface area contributed by atoms with Crippen LogP contribution in [0.25, 0.3) is 5.65 Å². The Morgan fingerprint density at radius 2 is 2.30 bits per heavy atom. The number of hydrogen-bond acceptors (Lipinski definition) is 5. The molecule has 3 rings (SSSR count). The Morgan fingerprint density at radius 3 is 3.00 bits per heavy atom. The Balaban J connectivity index is 2.03. The molecule has 2 aromatic heterocycles. The zero-order valence-electron chi connectivity index (χ0n) is 11.0. The molecule has 108 valence electrons. The van der Waals surface area contributed by atoms with Gasteiger partial charge in [0, 0.05) is 12.8 Å². The highest BCUT2D eigenvalue weighted by atomic mass is 32.2. The van der Waals surface area contributed by atoms with Crippen molar-refractivity contribution in [1.82, 2.24) is 14.1 Å². The minimum atomic E-state index is -3.75. The maximum atomic E-state index is 12.5. The first-order valence-corrected chi connectivity index (χ1v) is 7.84. The van der Waals surface area contributed by atoms with E-state index in [1.165, 1.54) is 4.40 Å². The molecular weight excluding hydrogens is 280 g/mol. The van der Waals surface area contributed by atoms with Gasteiger partial charge in [-0.1, -0.05) is 6.07 Å². The van der Waals surface area contributed by atoms with Gasteiger partial charge in [0.25, 0.3) is 10.0 Å². The number of nitrogen functional groups attached to an aromatic ring is 1. The summed E-state index contributed by atoms with van der Waals surface area (Å²) in [5.74, 6) is -0.00438. The average Bonchev–Trinajstić information content (AvgIpc) is 2.92. The lowest BCUT2D eigenvalue weighted by molar-refractivity contribution is 0.117. The molecule has 2 atom stereocenters. The molecule has 0 spiro atoms. The number of rotatable bonds is 3. The summed E-state index contributed by atoms with van der Waals surface area (Å²) in [6.45, 7) is 2.40. The number of nitrogens with two attached hydrogens (primary N) is 1. The van der Waals surface area contributed by atoms with Gasteiger partial charge in [0.1, 0.15) is 5.65 Å². The van der Waals surface area contributed by atoms with Crippen LogP contribution in [0.2, 0.25) is 0 Å². The van der Waals surface area contributed by atoms with E-state index in [9.17, 15) is 8.42 Å². The fraction of sp³-hybridized carbons (Fsp3) is 0.417. The third-order valence-corrected chi connectivity index (χ3v) is 4.98. The van der Waals surface area contributed by atoms with Crippen molar-refractivity contribution in [2.45, 2.75) is 30.5 Å². The van der Waals surface area contributed by atoms with Crippen LogP contribution in [0.5, 0.6) is 0 Å². The van der Waals surface area contributed by atoms with E-state index < -0.39 is 10.0 Å².